The first-order valence-corrected chi connectivity index (χ1v) is 8.10. The van der Waals surface area contributed by atoms with E-state index >= 15 is 0 Å². The van der Waals surface area contributed by atoms with Crippen LogP contribution in [0.3, 0.4) is 0 Å². The molecule has 0 saturated carbocycles. The Morgan fingerprint density at radius 1 is 1.16 bits per heavy atom. The second-order valence-electron chi connectivity index (χ2n) is 6.07. The van der Waals surface area contributed by atoms with Gasteiger partial charge in [0, 0.05) is 29.7 Å². The number of hydrogen-bond donors (Lipinski definition) is 2. The highest BCUT2D eigenvalue weighted by molar-refractivity contribution is 6.04. The maximum absolute atomic E-state index is 12.1. The van der Waals surface area contributed by atoms with E-state index in [1.807, 2.05) is 19.1 Å². The van der Waals surface area contributed by atoms with Gasteiger partial charge in [-0.25, -0.2) is 0 Å². The minimum Gasteiger partial charge on any atom is -0.399 e. The zero-order valence-electron chi connectivity index (χ0n) is 14.0. The average Bonchev–Trinajstić information content (AvgIpc) is 2.97. The molecule has 3 rings (SSSR count). The number of nitrogen functional groups attached to an aromatic ring is 1. The van der Waals surface area contributed by atoms with Crippen LogP contribution in [-0.2, 0) is 16.1 Å². The fourth-order valence-corrected chi connectivity index (χ4v) is 2.65. The van der Waals surface area contributed by atoms with Crippen molar-refractivity contribution in [3.05, 3.63) is 54.2 Å². The van der Waals surface area contributed by atoms with Crippen molar-refractivity contribution in [3.63, 3.8) is 0 Å². The number of amides is 1. The van der Waals surface area contributed by atoms with Crippen LogP contribution in [0.15, 0.2) is 48.7 Å². The van der Waals surface area contributed by atoms with E-state index in [0.29, 0.717) is 17.9 Å². The normalized spacial score (nSPS) is 10.8. The number of aromatic nitrogens is 2. The highest BCUT2D eigenvalue weighted by Gasteiger charge is 2.11. The lowest BCUT2D eigenvalue weighted by Crippen LogP contribution is -2.17. The second-order valence-corrected chi connectivity index (χ2v) is 6.07. The van der Waals surface area contributed by atoms with Crippen LogP contribution in [0.4, 0.5) is 11.4 Å². The lowest BCUT2D eigenvalue weighted by molar-refractivity contribution is -0.125. The van der Waals surface area contributed by atoms with Gasteiger partial charge >= 0.3 is 0 Å². The van der Waals surface area contributed by atoms with E-state index in [-0.39, 0.29) is 24.5 Å². The van der Waals surface area contributed by atoms with Crippen molar-refractivity contribution in [1.29, 1.82) is 0 Å². The van der Waals surface area contributed by atoms with Crippen LogP contribution >= 0.6 is 0 Å². The van der Waals surface area contributed by atoms with Crippen LogP contribution in [0.2, 0.25) is 0 Å². The number of fused-ring (bicyclic) bond motifs is 1. The van der Waals surface area contributed by atoms with Crippen molar-refractivity contribution in [3.8, 4) is 0 Å². The molecule has 0 atom stereocenters. The number of rotatable bonds is 6. The predicted octanol–water partition coefficient (Wildman–Crippen LogP) is 2.91. The van der Waals surface area contributed by atoms with Crippen molar-refractivity contribution in [2.24, 2.45) is 0 Å². The predicted molar refractivity (Wildman–Crippen MR) is 98.2 cm³/mol. The lowest BCUT2D eigenvalue weighted by Gasteiger charge is -2.06. The Bertz CT molecular complexity index is 913. The number of nitrogens with two attached hydrogens (primary N) is 1. The van der Waals surface area contributed by atoms with Crippen LogP contribution in [0.1, 0.15) is 18.4 Å². The third-order valence-electron chi connectivity index (χ3n) is 3.95. The molecule has 1 amide bonds. The molecule has 1 aromatic heterocycles. The van der Waals surface area contributed by atoms with Gasteiger partial charge in [0.15, 0.2) is 0 Å². The number of nitrogens with zero attached hydrogens (tertiary/aromatic N) is 2. The summed E-state index contributed by atoms with van der Waals surface area (Å²) < 4.78 is 1.80. The van der Waals surface area contributed by atoms with Crippen LogP contribution in [0.5, 0.6) is 0 Å². The molecule has 0 saturated heterocycles. The number of nitrogens with one attached hydrogen (secondary N) is 1. The summed E-state index contributed by atoms with van der Waals surface area (Å²) in [6, 6.07) is 12.9. The van der Waals surface area contributed by atoms with Gasteiger partial charge in [-0.3, -0.25) is 14.3 Å². The molecule has 3 aromatic rings. The molecule has 3 N–H and O–H groups in total. The molecular weight excluding hydrogens is 316 g/mol. The molecule has 0 aliphatic rings. The summed E-state index contributed by atoms with van der Waals surface area (Å²) >= 11 is 0. The highest BCUT2D eigenvalue weighted by atomic mass is 16.2. The van der Waals surface area contributed by atoms with Gasteiger partial charge in [-0.05, 0) is 43.3 Å². The number of Topliss-reactive ketones (excluding diaryl/α,β-unsaturated/α-hetero) is 1. The molecular formula is C19H20N4O2. The summed E-state index contributed by atoms with van der Waals surface area (Å²) in [5.74, 6) is -0.445. The zero-order valence-corrected chi connectivity index (χ0v) is 14.0. The van der Waals surface area contributed by atoms with E-state index < -0.39 is 0 Å². The van der Waals surface area contributed by atoms with E-state index in [9.17, 15) is 9.59 Å². The van der Waals surface area contributed by atoms with Crippen molar-refractivity contribution in [2.45, 2.75) is 26.3 Å². The SMILES string of the molecule is Cc1ccc2c(cnn2CCC(=O)CC(=O)Nc2ccc(N)cc2)c1. The lowest BCUT2D eigenvalue weighted by atomic mass is 10.2. The molecule has 0 radical (unpaired) electrons. The number of anilines is 2. The highest BCUT2D eigenvalue weighted by Crippen LogP contribution is 2.16. The molecule has 1 heterocycles. The van der Waals surface area contributed by atoms with E-state index in [1.165, 1.54) is 5.56 Å². The Hall–Kier alpha value is -3.15. The molecule has 0 fully saturated rings. The summed E-state index contributed by atoms with van der Waals surface area (Å²) in [5.41, 5.74) is 9.00. The molecule has 6 heteroatoms. The smallest absolute Gasteiger partial charge is 0.231 e. The number of carbonyl (C=O) groups excluding carboxylic acids is 2. The van der Waals surface area contributed by atoms with Crippen molar-refractivity contribution in [1.82, 2.24) is 9.78 Å². The van der Waals surface area contributed by atoms with Gasteiger partial charge in [0.2, 0.25) is 5.91 Å². The maximum atomic E-state index is 12.1. The molecule has 25 heavy (non-hydrogen) atoms. The Morgan fingerprint density at radius 2 is 1.92 bits per heavy atom. The van der Waals surface area contributed by atoms with E-state index in [2.05, 4.69) is 16.5 Å². The van der Waals surface area contributed by atoms with Gasteiger partial charge in [-0.2, -0.15) is 5.10 Å². The minimum absolute atomic E-state index is 0.122. The number of carbonyl (C=O) groups is 2. The van der Waals surface area contributed by atoms with Crippen LogP contribution in [-0.4, -0.2) is 21.5 Å². The first-order chi connectivity index (χ1) is 12.0. The topological polar surface area (TPSA) is 90.0 Å². The van der Waals surface area contributed by atoms with Gasteiger partial charge in [-0.15, -0.1) is 0 Å². The van der Waals surface area contributed by atoms with E-state index in [1.54, 1.807) is 35.1 Å². The molecule has 2 aromatic carbocycles. The first-order valence-electron chi connectivity index (χ1n) is 8.10. The maximum Gasteiger partial charge on any atom is 0.231 e. The third kappa shape index (κ3) is 4.23. The summed E-state index contributed by atoms with van der Waals surface area (Å²) in [5, 5.41) is 8.06. The van der Waals surface area contributed by atoms with Gasteiger partial charge < -0.3 is 11.1 Å². The summed E-state index contributed by atoms with van der Waals surface area (Å²) in [4.78, 5) is 24.0. The minimum atomic E-state index is -0.323. The third-order valence-corrected chi connectivity index (χ3v) is 3.95. The van der Waals surface area contributed by atoms with Gasteiger partial charge in [0.25, 0.3) is 0 Å². The quantitative estimate of drug-likeness (QED) is 0.535. The molecule has 0 unspecified atom stereocenters. The number of aryl methyl sites for hydroxylation is 2. The van der Waals surface area contributed by atoms with Crippen molar-refractivity contribution in [2.75, 3.05) is 11.1 Å². The summed E-state index contributed by atoms with van der Waals surface area (Å²) in [6.07, 6.45) is 1.91. The molecule has 0 aliphatic carbocycles. The van der Waals surface area contributed by atoms with Gasteiger partial charge in [0.1, 0.15) is 5.78 Å². The Labute approximate surface area is 145 Å². The molecule has 128 valence electrons. The number of ketones is 1. The monoisotopic (exact) mass is 336 g/mol. The Kier molecular flexibility index (Phi) is 4.79. The molecule has 0 aliphatic heterocycles. The molecule has 0 spiro atoms. The standard InChI is InChI=1S/C19H20N4O2/c1-13-2-7-18-14(10-13)12-21-23(18)9-8-17(24)11-19(25)22-16-5-3-15(20)4-6-16/h2-7,10,12H,8-9,11,20H2,1H3,(H,22,25). The molecule has 0 bridgehead atoms. The van der Waals surface area contributed by atoms with E-state index in [0.717, 1.165) is 10.9 Å². The second kappa shape index (κ2) is 7.17. The fraction of sp³-hybridized carbons (Fsp3) is 0.211. The fourth-order valence-electron chi connectivity index (χ4n) is 2.65. The van der Waals surface area contributed by atoms with Crippen LogP contribution in [0.25, 0.3) is 10.9 Å². The van der Waals surface area contributed by atoms with Gasteiger partial charge in [-0.1, -0.05) is 11.6 Å². The van der Waals surface area contributed by atoms with Crippen LogP contribution in [0, 0.1) is 6.92 Å². The largest absolute Gasteiger partial charge is 0.399 e. The number of benzene rings is 2. The van der Waals surface area contributed by atoms with Gasteiger partial charge in [0.05, 0.1) is 18.1 Å². The zero-order chi connectivity index (χ0) is 17.8. The number of hydrogen-bond acceptors (Lipinski definition) is 4. The first kappa shape index (κ1) is 16.7. The van der Waals surface area contributed by atoms with Crippen molar-refractivity contribution < 1.29 is 9.59 Å². The summed E-state index contributed by atoms with van der Waals surface area (Å²) in [7, 11) is 0. The summed E-state index contributed by atoms with van der Waals surface area (Å²) in [6.45, 7) is 2.49. The van der Waals surface area contributed by atoms with Crippen molar-refractivity contribution >= 4 is 34.0 Å². The average molecular weight is 336 g/mol. The van der Waals surface area contributed by atoms with Crippen LogP contribution < -0.4 is 11.1 Å². The Morgan fingerprint density at radius 3 is 2.68 bits per heavy atom. The molecule has 6 nitrogen and oxygen atoms in total. The Balaban J connectivity index is 1.53. The van der Waals surface area contributed by atoms with E-state index in [4.69, 9.17) is 5.73 Å².